The molecule has 0 saturated carbocycles. The van der Waals surface area contributed by atoms with Crippen LogP contribution in [-0.2, 0) is 41.6 Å². The minimum Gasteiger partial charge on any atom is -0.504 e. The number of amides is 6. The number of anilines is 3. The Labute approximate surface area is 654 Å². The topological polar surface area (TPSA) is 284 Å². The molecule has 1 aromatic heterocycles. The van der Waals surface area contributed by atoms with Crippen LogP contribution < -0.4 is 52.6 Å². The molecule has 28 heteroatoms. The van der Waals surface area contributed by atoms with Crippen LogP contribution in [0.3, 0.4) is 0 Å². The second kappa shape index (κ2) is 35.9. The number of hydrogen-bond acceptors (Lipinski definition) is 22. The van der Waals surface area contributed by atoms with E-state index in [9.17, 15) is 33.9 Å². The average molecular weight is 1540 g/mol. The number of methoxy groups -OCH3 is 9. The molecule has 7 heterocycles. The van der Waals surface area contributed by atoms with E-state index in [1.807, 2.05) is 91.0 Å². The van der Waals surface area contributed by atoms with Gasteiger partial charge < -0.3 is 86.1 Å². The molecule has 0 fully saturated rings. The largest absolute Gasteiger partial charge is 0.504 e. The van der Waals surface area contributed by atoms with E-state index in [1.54, 1.807) is 78.5 Å². The highest BCUT2D eigenvalue weighted by Gasteiger charge is 2.49. The molecular formula is C85H89N7O21. The smallest absolute Gasteiger partial charge is 0.416 e. The zero-order valence-corrected chi connectivity index (χ0v) is 64.2. The summed E-state index contributed by atoms with van der Waals surface area (Å²) in [5.74, 6) is 1.95. The molecule has 113 heavy (non-hydrogen) atoms. The van der Waals surface area contributed by atoms with E-state index in [-0.39, 0.29) is 126 Å². The van der Waals surface area contributed by atoms with Crippen molar-refractivity contribution in [3.05, 3.63) is 228 Å². The molecule has 6 aromatic carbocycles. The maximum Gasteiger partial charge on any atom is 0.416 e. The van der Waals surface area contributed by atoms with E-state index in [2.05, 4.69) is 19.7 Å². The third-order valence-electron chi connectivity index (χ3n) is 20.1. The summed E-state index contributed by atoms with van der Waals surface area (Å²) in [5, 5.41) is 10.5. The van der Waals surface area contributed by atoms with Crippen molar-refractivity contribution in [1.29, 1.82) is 0 Å². The molecule has 0 saturated heterocycles. The van der Waals surface area contributed by atoms with E-state index < -0.39 is 55.1 Å². The van der Waals surface area contributed by atoms with Crippen LogP contribution in [-0.4, -0.2) is 201 Å². The predicted molar refractivity (Wildman–Crippen MR) is 419 cm³/mol. The van der Waals surface area contributed by atoms with Gasteiger partial charge in [0.1, 0.15) is 50.3 Å². The highest BCUT2D eigenvalue weighted by molar-refractivity contribution is 6.09. The van der Waals surface area contributed by atoms with Crippen LogP contribution in [0.2, 0.25) is 0 Å². The molecule has 13 rings (SSSR count). The highest BCUT2D eigenvalue weighted by Crippen LogP contribution is 2.47. The SMILES string of the molecule is C=CCOC(=O)N1c2cc(O)c(OC)cc2C(=O)N2CCC(c3ccc(OC)cc3)=C[C@H]2C1OC.C=CCOC(=O)N1c2cc(OCc3cccc(COc4cc5c(cc4OC)C(=O)N4CC=C(c6ccc(OC)cc6)C[C@H]4C(OC)N5C(=O)OCC=C)n3)c(OC)cc2C(=O)N2CCC(c3ccc(OC)cc3)=C[C@H]2C1OC. The van der Waals surface area contributed by atoms with Gasteiger partial charge in [-0.25, -0.2) is 29.1 Å². The lowest BCUT2D eigenvalue weighted by molar-refractivity contribution is 0.0175. The number of rotatable bonds is 24. The van der Waals surface area contributed by atoms with Gasteiger partial charge in [0.25, 0.3) is 17.7 Å². The highest BCUT2D eigenvalue weighted by atomic mass is 16.6. The fourth-order valence-corrected chi connectivity index (χ4v) is 14.6. The summed E-state index contributed by atoms with van der Waals surface area (Å²) >= 11 is 0. The number of aromatic nitrogens is 1. The second-order valence-electron chi connectivity index (χ2n) is 26.4. The third-order valence-corrected chi connectivity index (χ3v) is 20.1. The first-order chi connectivity index (χ1) is 54.9. The van der Waals surface area contributed by atoms with E-state index in [1.165, 1.54) is 87.7 Å². The molecule has 6 amide bonds. The first-order valence-corrected chi connectivity index (χ1v) is 36.2. The standard InChI is InChI=1S/C59H61N5O14.C26H28N2O7/c1-9-26-75-58(67)63-46-32-52(50(71-5)30-44(46)54(65)61-24-22-38(28-48(61)56(63)73-7)36-14-18-42(69-3)19-15-36)77-34-40-12-11-13-41(60-40)35-78-53-33-47-45(31-51(53)72-6)55(66)62-25-23-39(37-16-20-43(70-4)21-17-37)29-49(62)57(74-8)64(47)59(68)76-27-10-2;1-5-12-35-26(31)28-20-15-22(29)23(33-3)14-19(20)24(30)27-11-10-17(13-21(27)25(28)34-4)16-6-8-18(32-2)9-7-16/h9-22,29-33,48-49,56-57H,1-2,23-28,34-35H2,3-8H3;5-9,13-15,21,25,29H,1,10-12H2,2-4H3/t48-,49-,56?,57?;21-,25?/m00/s1. The summed E-state index contributed by atoms with van der Waals surface area (Å²) in [4.78, 5) is 98.2. The van der Waals surface area contributed by atoms with Crippen molar-refractivity contribution in [3.8, 4) is 51.7 Å². The third kappa shape index (κ3) is 16.5. The van der Waals surface area contributed by atoms with Crippen molar-refractivity contribution >= 4 is 69.8 Å². The fraction of sp³-hybridized carbons (Fsp3) is 0.306. The molecule has 28 nitrogen and oxygen atoms in total. The molecule has 0 radical (unpaired) electrons. The number of phenols is 1. The molecule has 0 spiro atoms. The zero-order chi connectivity index (χ0) is 80.1. The zero-order valence-electron chi connectivity index (χ0n) is 64.2. The number of nitrogens with zero attached hydrogens (tertiary/aromatic N) is 7. The van der Waals surface area contributed by atoms with Crippen molar-refractivity contribution in [2.75, 3.05) is 118 Å². The minimum atomic E-state index is -1.02. The van der Waals surface area contributed by atoms with Crippen LogP contribution in [0.4, 0.5) is 31.4 Å². The van der Waals surface area contributed by atoms with Crippen LogP contribution in [0.5, 0.6) is 51.7 Å². The Morgan fingerprint density at radius 3 is 1.20 bits per heavy atom. The lowest BCUT2D eigenvalue weighted by atomic mass is 9.92. The molecule has 1 N–H and O–H groups in total. The second-order valence-corrected chi connectivity index (χ2v) is 26.4. The van der Waals surface area contributed by atoms with Crippen LogP contribution in [0.1, 0.15) is 78.4 Å². The van der Waals surface area contributed by atoms with Crippen LogP contribution in [0.15, 0.2) is 184 Å². The van der Waals surface area contributed by atoms with Gasteiger partial charge in [0, 0.05) is 59.2 Å². The van der Waals surface area contributed by atoms with Gasteiger partial charge in [-0.05, 0) is 119 Å². The Morgan fingerprint density at radius 1 is 0.451 bits per heavy atom. The molecule has 0 bridgehead atoms. The number of ether oxygens (including phenoxy) is 14. The number of aromatic hydroxyl groups is 1. The van der Waals surface area contributed by atoms with Crippen LogP contribution in [0.25, 0.3) is 16.7 Å². The normalized spacial score (nSPS) is 18.7. The number of carbonyl (C=O) groups excluding carboxylic acids is 6. The van der Waals surface area contributed by atoms with Gasteiger partial charge in [-0.1, -0.05) is 98.7 Å². The maximum atomic E-state index is 14.6. The molecule has 3 unspecified atom stereocenters. The van der Waals surface area contributed by atoms with Gasteiger partial charge >= 0.3 is 18.3 Å². The first-order valence-electron chi connectivity index (χ1n) is 36.2. The molecule has 6 aliphatic heterocycles. The Balaban J connectivity index is 0.000000281. The molecule has 6 atom stereocenters. The molecular weight excluding hydrogens is 1450 g/mol. The van der Waals surface area contributed by atoms with Gasteiger partial charge in [0.2, 0.25) is 0 Å². The van der Waals surface area contributed by atoms with Gasteiger partial charge in [-0.2, -0.15) is 0 Å². The summed E-state index contributed by atoms with van der Waals surface area (Å²) < 4.78 is 80.3. The fourth-order valence-electron chi connectivity index (χ4n) is 14.6. The quantitative estimate of drug-likeness (QED) is 0.0434. The van der Waals surface area contributed by atoms with Crippen molar-refractivity contribution < 1.29 is 100 Å². The van der Waals surface area contributed by atoms with Crippen molar-refractivity contribution in [3.63, 3.8) is 0 Å². The maximum absolute atomic E-state index is 14.6. The average Bonchev–Trinajstić information content (AvgIpc) is 1.62. The number of fused-ring (bicyclic) bond motifs is 6. The Bertz CT molecular complexity index is 4830. The molecule has 7 aromatic rings. The molecule has 6 aliphatic rings. The summed E-state index contributed by atoms with van der Waals surface area (Å²) in [6.45, 7) is 11.6. The van der Waals surface area contributed by atoms with Crippen LogP contribution >= 0.6 is 0 Å². The molecule has 590 valence electrons. The van der Waals surface area contributed by atoms with Gasteiger partial charge in [0.05, 0.1) is 106 Å². The molecule has 0 aliphatic carbocycles. The van der Waals surface area contributed by atoms with Crippen molar-refractivity contribution in [2.24, 2.45) is 0 Å². The first kappa shape index (κ1) is 79.8. The summed E-state index contributed by atoms with van der Waals surface area (Å²) in [6, 6.07) is 35.3. The Kier molecular flexibility index (Phi) is 25.4. The Hall–Kier alpha value is -12.8. The lowest BCUT2D eigenvalue weighted by Crippen LogP contribution is -2.55. The summed E-state index contributed by atoms with van der Waals surface area (Å²) in [7, 11) is 13.6. The monoisotopic (exact) mass is 1540 g/mol. The van der Waals surface area contributed by atoms with E-state index in [0.717, 1.165) is 39.2 Å². The number of carbonyl (C=O) groups is 6. The van der Waals surface area contributed by atoms with Crippen LogP contribution in [0, 0.1) is 0 Å². The lowest BCUT2D eigenvalue weighted by Gasteiger charge is -2.40. The summed E-state index contributed by atoms with van der Waals surface area (Å²) in [5.41, 5.74) is 7.90. The van der Waals surface area contributed by atoms with E-state index >= 15 is 0 Å². The van der Waals surface area contributed by atoms with E-state index in [4.69, 9.17) is 71.3 Å². The van der Waals surface area contributed by atoms with E-state index in [0.29, 0.717) is 55.2 Å². The Morgan fingerprint density at radius 2 is 0.823 bits per heavy atom. The van der Waals surface area contributed by atoms with Crippen molar-refractivity contribution in [1.82, 2.24) is 19.7 Å². The van der Waals surface area contributed by atoms with Gasteiger partial charge in [0.15, 0.2) is 53.2 Å². The van der Waals surface area contributed by atoms with Gasteiger partial charge in [-0.3, -0.25) is 19.4 Å². The number of benzene rings is 6. The van der Waals surface area contributed by atoms with Gasteiger partial charge in [-0.15, -0.1) is 0 Å². The number of phenolic OH excluding ortho intramolecular Hbond substituents is 1. The predicted octanol–water partition coefficient (Wildman–Crippen LogP) is 12.9. The minimum absolute atomic E-state index is 0.0293. The number of pyridine rings is 1. The number of hydrogen-bond donors (Lipinski definition) is 1. The van der Waals surface area contributed by atoms with Crippen molar-refractivity contribution in [2.45, 2.75) is 69.3 Å². The summed E-state index contributed by atoms with van der Waals surface area (Å²) in [6.07, 6.45) is 6.58.